The second kappa shape index (κ2) is 8.39. The van der Waals surface area contributed by atoms with Crippen molar-refractivity contribution < 1.29 is 14.3 Å². The van der Waals surface area contributed by atoms with Crippen LogP contribution in [-0.4, -0.2) is 43.8 Å². The number of amides is 2. The molecule has 124 valence electrons. The summed E-state index contributed by atoms with van der Waals surface area (Å²) in [5.41, 5.74) is 0.972. The van der Waals surface area contributed by atoms with E-state index in [9.17, 15) is 4.79 Å². The maximum Gasteiger partial charge on any atom is 0.321 e. The number of carbonyl (C=O) groups excluding carboxylic acids is 1. The van der Waals surface area contributed by atoms with Gasteiger partial charge in [-0.15, -0.1) is 0 Å². The first-order chi connectivity index (χ1) is 11.2. The first-order valence-corrected chi connectivity index (χ1v) is 7.93. The molecule has 6 heteroatoms. The van der Waals surface area contributed by atoms with E-state index in [4.69, 9.17) is 14.7 Å². The van der Waals surface area contributed by atoms with Crippen molar-refractivity contribution in [3.05, 3.63) is 23.8 Å². The van der Waals surface area contributed by atoms with Gasteiger partial charge in [0.15, 0.2) is 0 Å². The van der Waals surface area contributed by atoms with Gasteiger partial charge in [0, 0.05) is 25.4 Å². The van der Waals surface area contributed by atoms with Crippen LogP contribution in [-0.2, 0) is 4.74 Å². The monoisotopic (exact) mass is 317 g/mol. The molecule has 23 heavy (non-hydrogen) atoms. The zero-order chi connectivity index (χ0) is 16.7. The predicted octanol–water partition coefficient (Wildman–Crippen LogP) is 2.99. The standard InChI is InChI=1S/C17H23N3O3/c1-3-20(12-15-6-4-5-9-23-15)17(21)19-14-7-8-16(22-2)13(10-14)11-18/h7-8,10,15H,3-6,9,12H2,1-2H3,(H,19,21). The molecule has 1 aromatic rings. The highest BCUT2D eigenvalue weighted by Crippen LogP contribution is 2.22. The van der Waals surface area contributed by atoms with Gasteiger partial charge in [0.1, 0.15) is 11.8 Å². The van der Waals surface area contributed by atoms with Gasteiger partial charge in [-0.3, -0.25) is 0 Å². The Balaban J connectivity index is 2.00. The molecule has 1 atom stereocenters. The van der Waals surface area contributed by atoms with Gasteiger partial charge in [-0.2, -0.15) is 5.26 Å². The Morgan fingerprint density at radius 3 is 2.96 bits per heavy atom. The minimum Gasteiger partial charge on any atom is -0.495 e. The molecule has 1 unspecified atom stereocenters. The van der Waals surface area contributed by atoms with Crippen LogP contribution < -0.4 is 10.1 Å². The van der Waals surface area contributed by atoms with E-state index >= 15 is 0 Å². The van der Waals surface area contributed by atoms with Crippen LogP contribution in [0.25, 0.3) is 0 Å². The number of nitrogens with one attached hydrogen (secondary N) is 1. The number of benzene rings is 1. The molecule has 6 nitrogen and oxygen atoms in total. The molecule has 0 aromatic heterocycles. The lowest BCUT2D eigenvalue weighted by Gasteiger charge is -2.29. The molecule has 0 saturated carbocycles. The molecule has 1 fully saturated rings. The summed E-state index contributed by atoms with van der Waals surface area (Å²) in [7, 11) is 1.51. The van der Waals surface area contributed by atoms with Crippen LogP contribution in [0.5, 0.6) is 5.75 Å². The summed E-state index contributed by atoms with van der Waals surface area (Å²) >= 11 is 0. The van der Waals surface area contributed by atoms with Crippen molar-refractivity contribution >= 4 is 11.7 Å². The molecule has 2 rings (SSSR count). The Labute approximate surface area is 137 Å². The topological polar surface area (TPSA) is 74.6 Å². The van der Waals surface area contributed by atoms with Crippen LogP contribution >= 0.6 is 0 Å². The van der Waals surface area contributed by atoms with Crippen molar-refractivity contribution in [2.75, 3.05) is 32.1 Å². The molecule has 0 aliphatic carbocycles. The number of nitriles is 1. The minimum atomic E-state index is -0.185. The maximum atomic E-state index is 12.4. The molecular formula is C17H23N3O3. The summed E-state index contributed by atoms with van der Waals surface area (Å²) in [6, 6.07) is 6.89. The lowest BCUT2D eigenvalue weighted by atomic mass is 10.1. The highest BCUT2D eigenvalue weighted by atomic mass is 16.5. The average molecular weight is 317 g/mol. The van der Waals surface area contributed by atoms with Gasteiger partial charge in [0.25, 0.3) is 0 Å². The summed E-state index contributed by atoms with van der Waals surface area (Å²) in [6.45, 7) is 3.90. The summed E-state index contributed by atoms with van der Waals surface area (Å²) in [4.78, 5) is 14.1. The lowest BCUT2D eigenvalue weighted by molar-refractivity contribution is 0.00221. The lowest BCUT2D eigenvalue weighted by Crippen LogP contribution is -2.41. The molecule has 0 spiro atoms. The van der Waals surface area contributed by atoms with Crippen molar-refractivity contribution in [3.63, 3.8) is 0 Å². The first-order valence-electron chi connectivity index (χ1n) is 7.93. The molecule has 1 aliphatic rings. The fraction of sp³-hybridized carbons (Fsp3) is 0.529. The van der Waals surface area contributed by atoms with E-state index in [2.05, 4.69) is 11.4 Å². The number of carbonyl (C=O) groups is 1. The number of rotatable bonds is 5. The number of anilines is 1. The van der Waals surface area contributed by atoms with Gasteiger partial charge in [-0.1, -0.05) is 0 Å². The van der Waals surface area contributed by atoms with Crippen LogP contribution in [0.2, 0.25) is 0 Å². The molecular weight excluding hydrogens is 294 g/mol. The first kappa shape index (κ1) is 17.1. The third-order valence-electron chi connectivity index (χ3n) is 3.94. The zero-order valence-electron chi connectivity index (χ0n) is 13.7. The highest BCUT2D eigenvalue weighted by Gasteiger charge is 2.20. The third-order valence-corrected chi connectivity index (χ3v) is 3.94. The van der Waals surface area contributed by atoms with Gasteiger partial charge in [-0.05, 0) is 44.4 Å². The van der Waals surface area contributed by atoms with E-state index in [1.54, 1.807) is 23.1 Å². The van der Waals surface area contributed by atoms with Crippen LogP contribution in [0.1, 0.15) is 31.7 Å². The molecule has 0 bridgehead atoms. The van der Waals surface area contributed by atoms with Gasteiger partial charge in [-0.25, -0.2) is 4.79 Å². The van der Waals surface area contributed by atoms with E-state index in [1.165, 1.54) is 7.11 Å². The summed E-state index contributed by atoms with van der Waals surface area (Å²) in [5, 5.41) is 11.9. The molecule has 1 saturated heterocycles. The van der Waals surface area contributed by atoms with Gasteiger partial charge < -0.3 is 19.7 Å². The molecule has 1 heterocycles. The molecule has 1 N–H and O–H groups in total. The molecule has 2 amide bonds. The van der Waals surface area contributed by atoms with E-state index in [0.717, 1.165) is 25.9 Å². The maximum absolute atomic E-state index is 12.4. The SMILES string of the molecule is CCN(CC1CCCCO1)C(=O)Nc1ccc(OC)c(C#N)c1. The zero-order valence-corrected chi connectivity index (χ0v) is 13.7. The van der Waals surface area contributed by atoms with Gasteiger partial charge in [0.2, 0.25) is 0 Å². The summed E-state index contributed by atoms with van der Waals surface area (Å²) in [5.74, 6) is 0.494. The second-order valence-electron chi connectivity index (χ2n) is 5.48. The van der Waals surface area contributed by atoms with Crippen molar-refractivity contribution in [1.29, 1.82) is 5.26 Å². The third kappa shape index (κ3) is 4.60. The van der Waals surface area contributed by atoms with E-state index in [-0.39, 0.29) is 12.1 Å². The van der Waals surface area contributed by atoms with Gasteiger partial charge in [0.05, 0.1) is 18.8 Å². The van der Waals surface area contributed by atoms with E-state index < -0.39 is 0 Å². The van der Waals surface area contributed by atoms with Crippen LogP contribution in [0.4, 0.5) is 10.5 Å². The number of likely N-dealkylation sites (N-methyl/N-ethyl adjacent to an activating group) is 1. The minimum absolute atomic E-state index is 0.111. The fourth-order valence-electron chi connectivity index (χ4n) is 2.63. The predicted molar refractivity (Wildman–Crippen MR) is 87.6 cm³/mol. The van der Waals surface area contributed by atoms with Gasteiger partial charge >= 0.3 is 6.03 Å². The van der Waals surface area contributed by atoms with E-state index in [1.807, 2.05) is 6.92 Å². The van der Waals surface area contributed by atoms with Crippen LogP contribution in [0.3, 0.4) is 0 Å². The molecule has 0 radical (unpaired) electrons. The highest BCUT2D eigenvalue weighted by molar-refractivity contribution is 5.89. The number of ether oxygens (including phenoxy) is 2. The smallest absolute Gasteiger partial charge is 0.321 e. The number of hydrogen-bond donors (Lipinski definition) is 1. The number of urea groups is 1. The van der Waals surface area contributed by atoms with Crippen molar-refractivity contribution in [2.45, 2.75) is 32.3 Å². The number of methoxy groups -OCH3 is 1. The quantitative estimate of drug-likeness (QED) is 0.906. The van der Waals surface area contributed by atoms with Crippen molar-refractivity contribution in [3.8, 4) is 11.8 Å². The Kier molecular flexibility index (Phi) is 6.24. The second-order valence-corrected chi connectivity index (χ2v) is 5.48. The Morgan fingerprint density at radius 1 is 1.52 bits per heavy atom. The molecule has 1 aromatic carbocycles. The molecule has 1 aliphatic heterocycles. The largest absolute Gasteiger partial charge is 0.495 e. The summed E-state index contributed by atoms with van der Waals surface area (Å²) in [6.07, 6.45) is 3.34. The Morgan fingerprint density at radius 2 is 2.35 bits per heavy atom. The number of nitrogens with zero attached hydrogens (tertiary/aromatic N) is 2. The Hall–Kier alpha value is -2.26. The Bertz CT molecular complexity index is 577. The number of hydrogen-bond acceptors (Lipinski definition) is 4. The van der Waals surface area contributed by atoms with Crippen LogP contribution in [0, 0.1) is 11.3 Å². The van der Waals surface area contributed by atoms with Crippen molar-refractivity contribution in [2.24, 2.45) is 0 Å². The van der Waals surface area contributed by atoms with Crippen LogP contribution in [0.15, 0.2) is 18.2 Å². The normalized spacial score (nSPS) is 17.2. The van der Waals surface area contributed by atoms with E-state index in [0.29, 0.717) is 30.1 Å². The fourth-order valence-corrected chi connectivity index (χ4v) is 2.63. The summed E-state index contributed by atoms with van der Waals surface area (Å²) < 4.78 is 10.8. The van der Waals surface area contributed by atoms with Crippen molar-refractivity contribution in [1.82, 2.24) is 4.90 Å². The average Bonchev–Trinajstić information content (AvgIpc) is 2.60.